The number of pyridine rings is 1. The van der Waals surface area contributed by atoms with E-state index in [0.717, 1.165) is 34.6 Å². The van der Waals surface area contributed by atoms with E-state index in [0.29, 0.717) is 34.4 Å². The van der Waals surface area contributed by atoms with Crippen molar-refractivity contribution in [1.82, 2.24) is 10.3 Å². The third-order valence-electron chi connectivity index (χ3n) is 6.28. The average molecular weight is 499 g/mol. The maximum absolute atomic E-state index is 13.3. The maximum atomic E-state index is 13.3. The molecular weight excluding hydrogens is 472 g/mol. The van der Waals surface area contributed by atoms with Gasteiger partial charge in [-0.25, -0.2) is 9.78 Å². The van der Waals surface area contributed by atoms with E-state index in [9.17, 15) is 9.59 Å². The molecule has 4 aromatic rings. The lowest BCUT2D eigenvalue weighted by Gasteiger charge is -2.13. The van der Waals surface area contributed by atoms with Crippen LogP contribution in [0.4, 0.5) is 0 Å². The minimum Gasteiger partial charge on any atom is -0.493 e. The molecule has 1 aliphatic rings. The number of carbonyl (C=O) groups is 2. The number of nitrogens with one attached hydrogen (secondary N) is 1. The second-order valence-corrected chi connectivity index (χ2v) is 8.56. The Labute approximate surface area is 213 Å². The van der Waals surface area contributed by atoms with Crippen LogP contribution in [0.15, 0.2) is 65.3 Å². The van der Waals surface area contributed by atoms with Gasteiger partial charge in [0.1, 0.15) is 5.76 Å². The van der Waals surface area contributed by atoms with Crippen LogP contribution in [-0.4, -0.2) is 37.7 Å². The molecule has 0 spiro atoms. The average Bonchev–Trinajstić information content (AvgIpc) is 3.59. The number of rotatable bonds is 8. The first-order valence-corrected chi connectivity index (χ1v) is 11.9. The third-order valence-corrected chi connectivity index (χ3v) is 6.28. The van der Waals surface area contributed by atoms with Crippen molar-refractivity contribution in [3.05, 3.63) is 89.0 Å². The molecule has 1 aliphatic carbocycles. The molecule has 2 heterocycles. The molecule has 0 unspecified atom stereocenters. The molecule has 0 fully saturated rings. The van der Waals surface area contributed by atoms with Gasteiger partial charge < -0.3 is 23.9 Å². The van der Waals surface area contributed by atoms with E-state index < -0.39 is 18.5 Å². The Hall–Kier alpha value is -4.59. The van der Waals surface area contributed by atoms with Gasteiger partial charge in [0.05, 0.1) is 37.3 Å². The number of hydrogen-bond acceptors (Lipinski definition) is 7. The summed E-state index contributed by atoms with van der Waals surface area (Å²) in [6.07, 6.45) is 4.94. The SMILES string of the molecule is COc1ccc(CNC(=O)COC(=O)c2c3c(nc4ccccc24)/C(=C/c2ccco2)CC3)cc1OC. The number of carbonyl (C=O) groups excluding carboxylic acids is 2. The number of para-hydroxylation sites is 1. The van der Waals surface area contributed by atoms with Crippen molar-refractivity contribution in [3.8, 4) is 11.5 Å². The van der Waals surface area contributed by atoms with Crippen LogP contribution in [0.3, 0.4) is 0 Å². The lowest BCUT2D eigenvalue weighted by atomic mass is 10.0. The second-order valence-electron chi connectivity index (χ2n) is 8.56. The summed E-state index contributed by atoms with van der Waals surface area (Å²) in [7, 11) is 3.11. The molecular formula is C29H26N2O6. The summed E-state index contributed by atoms with van der Waals surface area (Å²) < 4.78 is 21.5. The zero-order chi connectivity index (χ0) is 25.8. The highest BCUT2D eigenvalue weighted by Gasteiger charge is 2.28. The van der Waals surface area contributed by atoms with E-state index in [1.54, 1.807) is 32.6 Å². The van der Waals surface area contributed by atoms with Gasteiger partial charge >= 0.3 is 5.97 Å². The Kier molecular flexibility index (Phi) is 6.89. The molecule has 8 heteroatoms. The fourth-order valence-corrected chi connectivity index (χ4v) is 4.50. The van der Waals surface area contributed by atoms with Crippen LogP contribution in [0.2, 0.25) is 0 Å². The van der Waals surface area contributed by atoms with Crippen molar-refractivity contribution in [2.75, 3.05) is 20.8 Å². The molecule has 0 aliphatic heterocycles. The fourth-order valence-electron chi connectivity index (χ4n) is 4.50. The number of hydrogen-bond donors (Lipinski definition) is 1. The molecule has 2 aromatic heterocycles. The predicted molar refractivity (Wildman–Crippen MR) is 138 cm³/mol. The van der Waals surface area contributed by atoms with Crippen molar-refractivity contribution in [1.29, 1.82) is 0 Å². The highest BCUT2D eigenvalue weighted by molar-refractivity contribution is 6.07. The number of nitrogens with zero attached hydrogens (tertiary/aromatic N) is 1. The molecule has 0 saturated carbocycles. The van der Waals surface area contributed by atoms with Gasteiger partial charge in [0, 0.05) is 11.9 Å². The van der Waals surface area contributed by atoms with Gasteiger partial charge in [0.15, 0.2) is 18.1 Å². The van der Waals surface area contributed by atoms with Crippen molar-refractivity contribution in [2.45, 2.75) is 19.4 Å². The van der Waals surface area contributed by atoms with Crippen molar-refractivity contribution < 1.29 is 28.2 Å². The Bertz CT molecular complexity index is 1490. The lowest BCUT2D eigenvalue weighted by molar-refractivity contribution is -0.124. The zero-order valence-electron chi connectivity index (χ0n) is 20.6. The number of fused-ring (bicyclic) bond motifs is 2. The van der Waals surface area contributed by atoms with Crippen molar-refractivity contribution in [3.63, 3.8) is 0 Å². The summed E-state index contributed by atoms with van der Waals surface area (Å²) in [6.45, 7) is -0.141. The molecule has 5 rings (SSSR count). The summed E-state index contributed by atoms with van der Waals surface area (Å²) in [5, 5.41) is 3.48. The minimum atomic E-state index is -0.546. The monoisotopic (exact) mass is 498 g/mol. The van der Waals surface area contributed by atoms with Crippen LogP contribution < -0.4 is 14.8 Å². The number of methoxy groups -OCH3 is 2. The predicted octanol–water partition coefficient (Wildman–Crippen LogP) is 4.81. The lowest BCUT2D eigenvalue weighted by Crippen LogP contribution is -2.28. The smallest absolute Gasteiger partial charge is 0.339 e. The minimum absolute atomic E-state index is 0.255. The van der Waals surface area contributed by atoms with E-state index in [-0.39, 0.29) is 6.54 Å². The van der Waals surface area contributed by atoms with Crippen LogP contribution in [0, 0.1) is 0 Å². The molecule has 0 bridgehead atoms. The first kappa shape index (κ1) is 24.1. The largest absolute Gasteiger partial charge is 0.493 e. The Morgan fingerprint density at radius 3 is 2.65 bits per heavy atom. The van der Waals surface area contributed by atoms with Crippen LogP contribution in [-0.2, 0) is 22.5 Å². The number of furan rings is 1. The number of allylic oxidation sites excluding steroid dienone is 1. The third kappa shape index (κ3) is 5.04. The summed E-state index contributed by atoms with van der Waals surface area (Å²) >= 11 is 0. The first-order chi connectivity index (χ1) is 18.1. The van der Waals surface area contributed by atoms with Crippen LogP contribution in [0.25, 0.3) is 22.6 Å². The van der Waals surface area contributed by atoms with Gasteiger partial charge in [0.2, 0.25) is 0 Å². The van der Waals surface area contributed by atoms with Crippen LogP contribution >= 0.6 is 0 Å². The first-order valence-electron chi connectivity index (χ1n) is 11.9. The van der Waals surface area contributed by atoms with Gasteiger partial charge in [0.25, 0.3) is 5.91 Å². The second kappa shape index (κ2) is 10.6. The van der Waals surface area contributed by atoms with E-state index in [2.05, 4.69) is 5.32 Å². The Balaban J connectivity index is 1.32. The van der Waals surface area contributed by atoms with E-state index in [4.69, 9.17) is 23.6 Å². The molecule has 0 radical (unpaired) electrons. The van der Waals surface area contributed by atoms with E-state index >= 15 is 0 Å². The maximum Gasteiger partial charge on any atom is 0.339 e. The Morgan fingerprint density at radius 2 is 1.86 bits per heavy atom. The summed E-state index contributed by atoms with van der Waals surface area (Å²) in [6, 6.07) is 16.5. The van der Waals surface area contributed by atoms with E-state index in [1.807, 2.05) is 48.5 Å². The molecule has 1 N–H and O–H groups in total. The topological polar surface area (TPSA) is 99.9 Å². The summed E-state index contributed by atoms with van der Waals surface area (Å²) in [5.74, 6) is 0.949. The van der Waals surface area contributed by atoms with Crippen molar-refractivity contribution in [2.24, 2.45) is 0 Å². The standard InChI is InChI=1S/C29H26N2O6/c1-34-24-12-9-18(14-25(24)35-2)16-30-26(32)17-37-29(33)27-21-7-3-4-8-23(21)31-28-19(10-11-22(27)28)15-20-6-5-13-36-20/h3-9,12-15H,10-11,16-17H2,1-2H3,(H,30,32)/b19-15+. The molecule has 2 aromatic carbocycles. The molecule has 0 saturated heterocycles. The van der Waals surface area contributed by atoms with Crippen LogP contribution in [0.1, 0.15) is 39.4 Å². The summed E-state index contributed by atoms with van der Waals surface area (Å²) in [5.41, 5.74) is 4.56. The Morgan fingerprint density at radius 1 is 1.03 bits per heavy atom. The molecule has 1 amide bonds. The highest BCUT2D eigenvalue weighted by atomic mass is 16.5. The van der Waals surface area contributed by atoms with Gasteiger partial charge in [-0.1, -0.05) is 24.3 Å². The number of amides is 1. The zero-order valence-corrected chi connectivity index (χ0v) is 20.6. The highest BCUT2D eigenvalue weighted by Crippen LogP contribution is 2.37. The molecule has 188 valence electrons. The number of aromatic nitrogens is 1. The molecule has 37 heavy (non-hydrogen) atoms. The molecule has 8 nitrogen and oxygen atoms in total. The van der Waals surface area contributed by atoms with Gasteiger partial charge in [-0.3, -0.25) is 4.79 Å². The van der Waals surface area contributed by atoms with Crippen LogP contribution in [0.5, 0.6) is 11.5 Å². The fraction of sp³-hybridized carbons (Fsp3) is 0.207. The number of ether oxygens (including phenoxy) is 3. The van der Waals surface area contributed by atoms with E-state index in [1.165, 1.54) is 0 Å². The van der Waals surface area contributed by atoms with Crippen molar-refractivity contribution >= 4 is 34.4 Å². The number of benzene rings is 2. The molecule has 0 atom stereocenters. The normalized spacial score (nSPS) is 13.4. The van der Waals surface area contributed by atoms with Gasteiger partial charge in [-0.05, 0) is 65.9 Å². The summed E-state index contributed by atoms with van der Waals surface area (Å²) in [4.78, 5) is 30.6. The number of esters is 1. The van der Waals surface area contributed by atoms with Gasteiger partial charge in [-0.2, -0.15) is 0 Å². The van der Waals surface area contributed by atoms with Gasteiger partial charge in [-0.15, -0.1) is 0 Å². The quantitative estimate of drug-likeness (QED) is 0.348.